The van der Waals surface area contributed by atoms with Crippen molar-refractivity contribution >= 4 is 17.6 Å². The summed E-state index contributed by atoms with van der Waals surface area (Å²) in [6, 6.07) is 4.33. The largest absolute Gasteiger partial charge is 0.496 e. The minimum absolute atomic E-state index is 0.00709. The van der Waals surface area contributed by atoms with Gasteiger partial charge in [0.25, 0.3) is 6.43 Å². The highest BCUT2D eigenvalue weighted by atomic mass is 35.5. The van der Waals surface area contributed by atoms with Crippen LogP contribution in [0.2, 0.25) is 5.02 Å². The monoisotopic (exact) mass is 345 g/mol. The molecule has 0 aliphatic rings. The van der Waals surface area contributed by atoms with Crippen LogP contribution in [-0.4, -0.2) is 25.2 Å². The zero-order valence-corrected chi connectivity index (χ0v) is 12.8. The van der Waals surface area contributed by atoms with Crippen molar-refractivity contribution in [2.75, 3.05) is 14.2 Å². The maximum Gasteiger partial charge on any atom is 0.358 e. The lowest BCUT2D eigenvalue weighted by Crippen LogP contribution is -2.07. The molecular weight excluding hydrogens is 335 g/mol. The highest BCUT2D eigenvalue weighted by molar-refractivity contribution is 6.33. The zero-order chi connectivity index (χ0) is 17.1. The lowest BCUT2D eigenvalue weighted by atomic mass is 10.1. The summed E-state index contributed by atoms with van der Waals surface area (Å²) in [6.45, 7) is 0. The molecule has 0 radical (unpaired) electrons. The van der Waals surface area contributed by atoms with Crippen molar-refractivity contribution in [3.63, 3.8) is 0 Å². The number of esters is 1. The average molecular weight is 346 g/mol. The van der Waals surface area contributed by atoms with E-state index in [0.717, 1.165) is 25.3 Å². The number of benzene rings is 1. The van der Waals surface area contributed by atoms with Gasteiger partial charge in [0, 0.05) is 11.1 Å². The number of carbonyl (C=O) groups is 1. The van der Waals surface area contributed by atoms with E-state index in [9.17, 15) is 18.0 Å². The Morgan fingerprint density at radius 2 is 1.96 bits per heavy atom. The van der Waals surface area contributed by atoms with E-state index in [1.807, 2.05) is 0 Å². The van der Waals surface area contributed by atoms with Crippen LogP contribution >= 0.6 is 11.6 Å². The molecular formula is C15H11ClF3NO3. The Bertz CT molecular complexity index is 753. The van der Waals surface area contributed by atoms with Crippen LogP contribution in [0.25, 0.3) is 11.3 Å². The van der Waals surface area contributed by atoms with Crippen LogP contribution in [0, 0.1) is 5.82 Å². The second kappa shape index (κ2) is 6.87. The van der Waals surface area contributed by atoms with Gasteiger partial charge in [-0.1, -0.05) is 17.7 Å². The smallest absolute Gasteiger partial charge is 0.358 e. The quantitative estimate of drug-likeness (QED) is 0.776. The van der Waals surface area contributed by atoms with E-state index in [4.69, 9.17) is 16.3 Å². The molecule has 1 aromatic carbocycles. The number of rotatable bonds is 4. The molecule has 2 rings (SSSR count). The van der Waals surface area contributed by atoms with Crippen molar-refractivity contribution in [2.24, 2.45) is 0 Å². The Morgan fingerprint density at radius 1 is 1.26 bits per heavy atom. The van der Waals surface area contributed by atoms with Gasteiger partial charge in [0.1, 0.15) is 11.4 Å². The molecule has 1 aromatic heterocycles. The molecule has 0 spiro atoms. The molecule has 0 fully saturated rings. The van der Waals surface area contributed by atoms with Crippen LogP contribution in [0.4, 0.5) is 13.2 Å². The first-order chi connectivity index (χ1) is 10.9. The lowest BCUT2D eigenvalue weighted by Gasteiger charge is -2.12. The molecule has 8 heteroatoms. The van der Waals surface area contributed by atoms with E-state index in [1.54, 1.807) is 0 Å². The van der Waals surface area contributed by atoms with Crippen molar-refractivity contribution in [1.29, 1.82) is 0 Å². The molecule has 0 saturated heterocycles. The van der Waals surface area contributed by atoms with E-state index in [0.29, 0.717) is 0 Å². The molecule has 0 atom stereocenters. The van der Waals surface area contributed by atoms with E-state index in [1.165, 1.54) is 13.2 Å². The predicted octanol–water partition coefficient (Wildman–Crippen LogP) is 4.27. The normalized spacial score (nSPS) is 10.7. The lowest BCUT2D eigenvalue weighted by molar-refractivity contribution is 0.0594. The molecule has 0 amide bonds. The Labute approximate surface area is 134 Å². The summed E-state index contributed by atoms with van der Waals surface area (Å²) in [6.07, 6.45) is -2.70. The van der Waals surface area contributed by atoms with Crippen LogP contribution < -0.4 is 4.74 Å². The SMILES string of the molecule is COC(=O)c1nc(-c2ccc(C(F)F)cc2OC)c(F)cc1Cl. The van der Waals surface area contributed by atoms with Crippen LogP contribution in [0.5, 0.6) is 5.75 Å². The van der Waals surface area contributed by atoms with Gasteiger partial charge in [0.2, 0.25) is 0 Å². The van der Waals surface area contributed by atoms with E-state index in [-0.39, 0.29) is 33.3 Å². The minimum atomic E-state index is -2.70. The summed E-state index contributed by atoms with van der Waals surface area (Å²) in [5.74, 6) is -1.68. The Morgan fingerprint density at radius 3 is 2.52 bits per heavy atom. The van der Waals surface area contributed by atoms with Crippen molar-refractivity contribution < 1.29 is 27.4 Å². The summed E-state index contributed by atoms with van der Waals surface area (Å²) < 4.78 is 49.2. The summed E-state index contributed by atoms with van der Waals surface area (Å²) in [5, 5.41) is -0.221. The van der Waals surface area contributed by atoms with Gasteiger partial charge in [-0.25, -0.2) is 22.9 Å². The second-order valence-electron chi connectivity index (χ2n) is 4.40. The van der Waals surface area contributed by atoms with E-state index >= 15 is 0 Å². The third kappa shape index (κ3) is 3.39. The third-order valence-electron chi connectivity index (χ3n) is 3.04. The summed E-state index contributed by atoms with van der Waals surface area (Å²) in [5.41, 5.74) is -0.720. The van der Waals surface area contributed by atoms with Gasteiger partial charge < -0.3 is 9.47 Å². The van der Waals surface area contributed by atoms with Gasteiger partial charge in [-0.2, -0.15) is 0 Å². The molecule has 23 heavy (non-hydrogen) atoms. The van der Waals surface area contributed by atoms with Gasteiger partial charge in [0.15, 0.2) is 11.5 Å². The molecule has 0 aliphatic carbocycles. The van der Waals surface area contributed by atoms with Crippen molar-refractivity contribution in [3.8, 4) is 17.0 Å². The Kier molecular flexibility index (Phi) is 5.10. The van der Waals surface area contributed by atoms with Crippen LogP contribution in [-0.2, 0) is 4.74 Å². The highest BCUT2D eigenvalue weighted by Gasteiger charge is 2.21. The van der Waals surface area contributed by atoms with Crippen LogP contribution in [0.1, 0.15) is 22.5 Å². The standard InChI is InChI=1S/C15H11ClF3NO3/c1-22-11-5-7(14(18)19)3-4-8(11)12-10(17)6-9(16)13(20-12)15(21)23-2/h3-6,14H,1-2H3. The minimum Gasteiger partial charge on any atom is -0.496 e. The van der Waals surface area contributed by atoms with Gasteiger partial charge in [0.05, 0.1) is 19.2 Å². The fourth-order valence-electron chi connectivity index (χ4n) is 1.93. The number of pyridine rings is 1. The van der Waals surface area contributed by atoms with Crippen LogP contribution in [0.15, 0.2) is 24.3 Å². The van der Waals surface area contributed by atoms with Crippen LogP contribution in [0.3, 0.4) is 0 Å². The summed E-state index contributed by atoms with van der Waals surface area (Å²) in [7, 11) is 2.38. The molecule has 4 nitrogen and oxygen atoms in total. The van der Waals surface area contributed by atoms with Crippen molar-refractivity contribution in [1.82, 2.24) is 4.98 Å². The summed E-state index contributed by atoms with van der Waals surface area (Å²) >= 11 is 5.77. The number of aromatic nitrogens is 1. The van der Waals surface area contributed by atoms with Crippen molar-refractivity contribution in [3.05, 3.63) is 46.4 Å². The molecule has 0 unspecified atom stereocenters. The second-order valence-corrected chi connectivity index (χ2v) is 4.81. The molecule has 0 saturated carbocycles. The van der Waals surface area contributed by atoms with Gasteiger partial charge in [-0.05, 0) is 18.2 Å². The van der Waals surface area contributed by atoms with E-state index < -0.39 is 18.2 Å². The molecule has 0 N–H and O–H groups in total. The maximum atomic E-state index is 14.2. The molecule has 1 heterocycles. The first kappa shape index (κ1) is 17.1. The van der Waals surface area contributed by atoms with Crippen molar-refractivity contribution in [2.45, 2.75) is 6.43 Å². The number of methoxy groups -OCH3 is 2. The average Bonchev–Trinajstić information content (AvgIpc) is 2.53. The molecule has 2 aromatic rings. The molecule has 0 bridgehead atoms. The number of hydrogen-bond donors (Lipinski definition) is 0. The van der Waals surface area contributed by atoms with E-state index in [2.05, 4.69) is 9.72 Å². The van der Waals surface area contributed by atoms with Gasteiger partial charge in [-0.15, -0.1) is 0 Å². The highest BCUT2D eigenvalue weighted by Crippen LogP contribution is 2.35. The first-order valence-electron chi connectivity index (χ1n) is 6.29. The molecule has 122 valence electrons. The summed E-state index contributed by atoms with van der Waals surface area (Å²) in [4.78, 5) is 15.5. The Hall–Kier alpha value is -2.28. The topological polar surface area (TPSA) is 48.4 Å². The Balaban J connectivity index is 2.64. The first-order valence-corrected chi connectivity index (χ1v) is 6.67. The third-order valence-corrected chi connectivity index (χ3v) is 3.33. The number of alkyl halides is 2. The number of halogens is 4. The zero-order valence-electron chi connectivity index (χ0n) is 12.1. The fourth-order valence-corrected chi connectivity index (χ4v) is 2.15. The number of ether oxygens (including phenoxy) is 2. The number of carbonyl (C=O) groups excluding carboxylic acids is 1. The maximum absolute atomic E-state index is 14.2. The number of nitrogens with zero attached hydrogens (tertiary/aromatic N) is 1. The fraction of sp³-hybridized carbons (Fsp3) is 0.200. The number of hydrogen-bond acceptors (Lipinski definition) is 4. The molecule has 0 aliphatic heterocycles. The predicted molar refractivity (Wildman–Crippen MR) is 77.5 cm³/mol. The van der Waals surface area contributed by atoms with Gasteiger partial charge >= 0.3 is 5.97 Å². The van der Waals surface area contributed by atoms with Gasteiger partial charge in [-0.3, -0.25) is 0 Å².